The number of hydrogen-bond acceptors (Lipinski definition) is 2. The average Bonchev–Trinajstić information content (AvgIpc) is 2.16. The molecule has 1 fully saturated rings. The minimum atomic E-state index is 0.520. The van der Waals surface area contributed by atoms with Gasteiger partial charge in [0.2, 0.25) is 0 Å². The fourth-order valence-electron chi connectivity index (χ4n) is 2.24. The maximum atomic E-state index is 5.83. The van der Waals surface area contributed by atoms with Crippen LogP contribution in [0, 0.1) is 12.8 Å². The molecule has 0 bridgehead atoms. The van der Waals surface area contributed by atoms with Gasteiger partial charge in [-0.15, -0.1) is 0 Å². The first kappa shape index (κ1) is 11.7. The fraction of sp³-hybridized carbons (Fsp3) is 0.615. The van der Waals surface area contributed by atoms with E-state index in [1.807, 2.05) is 19.1 Å². The Hall–Kier alpha value is -0.760. The standard InChI is InChI=1S/C13H19ClN2/c1-9(8-11-4-3-5-11)15-12-6-7-13(14)16-10(12)2/h6-7,9,11,15H,3-5,8H2,1-2H3. The van der Waals surface area contributed by atoms with Crippen LogP contribution in [0.3, 0.4) is 0 Å². The number of aromatic nitrogens is 1. The lowest BCUT2D eigenvalue weighted by Gasteiger charge is -2.29. The summed E-state index contributed by atoms with van der Waals surface area (Å²) in [7, 11) is 0. The SMILES string of the molecule is Cc1nc(Cl)ccc1NC(C)CC1CCC1. The van der Waals surface area contributed by atoms with Crippen LogP contribution in [-0.4, -0.2) is 11.0 Å². The summed E-state index contributed by atoms with van der Waals surface area (Å²) in [5.74, 6) is 0.933. The Morgan fingerprint density at radius 1 is 1.50 bits per heavy atom. The van der Waals surface area contributed by atoms with Gasteiger partial charge in [0.1, 0.15) is 5.15 Å². The zero-order valence-electron chi connectivity index (χ0n) is 9.96. The largest absolute Gasteiger partial charge is 0.381 e. The molecular weight excluding hydrogens is 220 g/mol. The number of nitrogens with one attached hydrogen (secondary N) is 1. The molecule has 1 unspecified atom stereocenters. The van der Waals surface area contributed by atoms with Crippen molar-refractivity contribution in [3.8, 4) is 0 Å². The molecular formula is C13H19ClN2. The molecule has 0 aliphatic heterocycles. The van der Waals surface area contributed by atoms with Crippen LogP contribution in [0.4, 0.5) is 5.69 Å². The van der Waals surface area contributed by atoms with Gasteiger partial charge < -0.3 is 5.32 Å². The molecule has 0 spiro atoms. The number of nitrogens with zero attached hydrogens (tertiary/aromatic N) is 1. The van der Waals surface area contributed by atoms with Crippen molar-refractivity contribution in [3.05, 3.63) is 23.0 Å². The van der Waals surface area contributed by atoms with Crippen LogP contribution in [0.25, 0.3) is 0 Å². The highest BCUT2D eigenvalue weighted by atomic mass is 35.5. The first-order chi connectivity index (χ1) is 7.65. The van der Waals surface area contributed by atoms with E-state index in [1.165, 1.54) is 25.7 Å². The molecule has 3 heteroatoms. The third-order valence-electron chi connectivity index (χ3n) is 3.37. The van der Waals surface area contributed by atoms with Gasteiger partial charge in [0.05, 0.1) is 11.4 Å². The molecule has 0 aromatic carbocycles. The Labute approximate surface area is 102 Å². The number of aryl methyl sites for hydroxylation is 1. The van der Waals surface area contributed by atoms with Gasteiger partial charge >= 0.3 is 0 Å². The van der Waals surface area contributed by atoms with Gasteiger partial charge in [0.25, 0.3) is 0 Å². The molecule has 1 saturated carbocycles. The van der Waals surface area contributed by atoms with Crippen LogP contribution in [0.5, 0.6) is 0 Å². The van der Waals surface area contributed by atoms with Crippen LogP contribution >= 0.6 is 11.6 Å². The molecule has 1 aliphatic rings. The van der Waals surface area contributed by atoms with E-state index in [1.54, 1.807) is 0 Å². The third-order valence-corrected chi connectivity index (χ3v) is 3.58. The molecule has 1 atom stereocenters. The number of anilines is 1. The van der Waals surface area contributed by atoms with E-state index >= 15 is 0 Å². The van der Waals surface area contributed by atoms with E-state index in [4.69, 9.17) is 11.6 Å². The van der Waals surface area contributed by atoms with Gasteiger partial charge in [-0.1, -0.05) is 30.9 Å². The third kappa shape index (κ3) is 2.88. The molecule has 88 valence electrons. The maximum absolute atomic E-state index is 5.83. The molecule has 0 radical (unpaired) electrons. The molecule has 2 rings (SSSR count). The highest BCUT2D eigenvalue weighted by Gasteiger charge is 2.20. The zero-order valence-corrected chi connectivity index (χ0v) is 10.7. The second-order valence-electron chi connectivity index (χ2n) is 4.84. The van der Waals surface area contributed by atoms with Gasteiger partial charge in [-0.2, -0.15) is 0 Å². The molecule has 1 aromatic rings. The van der Waals surface area contributed by atoms with E-state index in [0.29, 0.717) is 11.2 Å². The molecule has 16 heavy (non-hydrogen) atoms. The Balaban J connectivity index is 1.91. The zero-order chi connectivity index (χ0) is 11.5. The first-order valence-electron chi connectivity index (χ1n) is 6.05. The molecule has 0 saturated heterocycles. The second kappa shape index (κ2) is 5.05. The minimum absolute atomic E-state index is 0.520. The highest BCUT2D eigenvalue weighted by Crippen LogP contribution is 2.31. The minimum Gasteiger partial charge on any atom is -0.381 e. The second-order valence-corrected chi connectivity index (χ2v) is 5.23. The fourth-order valence-corrected chi connectivity index (χ4v) is 2.43. The summed E-state index contributed by atoms with van der Waals surface area (Å²) in [6.07, 6.45) is 5.49. The van der Waals surface area contributed by atoms with Crippen LogP contribution < -0.4 is 5.32 Å². The van der Waals surface area contributed by atoms with Gasteiger partial charge in [-0.3, -0.25) is 0 Å². The van der Waals surface area contributed by atoms with E-state index < -0.39 is 0 Å². The Morgan fingerprint density at radius 2 is 2.25 bits per heavy atom. The van der Waals surface area contributed by atoms with E-state index in [2.05, 4.69) is 17.2 Å². The quantitative estimate of drug-likeness (QED) is 0.801. The van der Waals surface area contributed by atoms with Gasteiger partial charge in [-0.25, -0.2) is 4.98 Å². The number of pyridine rings is 1. The van der Waals surface area contributed by atoms with Crippen molar-refractivity contribution in [2.45, 2.75) is 45.6 Å². The summed E-state index contributed by atoms with van der Waals surface area (Å²) in [6, 6.07) is 4.38. The van der Waals surface area contributed by atoms with Crippen molar-refractivity contribution in [1.82, 2.24) is 4.98 Å². The van der Waals surface area contributed by atoms with Crippen molar-refractivity contribution in [1.29, 1.82) is 0 Å². The summed E-state index contributed by atoms with van der Waals surface area (Å²) in [6.45, 7) is 4.23. The predicted octanol–water partition coefficient (Wildman–Crippen LogP) is 4.03. The van der Waals surface area contributed by atoms with Crippen LogP contribution in [0.15, 0.2) is 12.1 Å². The highest BCUT2D eigenvalue weighted by molar-refractivity contribution is 6.29. The molecule has 1 aromatic heterocycles. The normalized spacial score (nSPS) is 17.9. The van der Waals surface area contributed by atoms with E-state index in [-0.39, 0.29) is 0 Å². The average molecular weight is 239 g/mol. The summed E-state index contributed by atoms with van der Waals surface area (Å²) >= 11 is 5.83. The molecule has 0 amide bonds. The van der Waals surface area contributed by atoms with Crippen LogP contribution in [0.1, 0.15) is 38.3 Å². The number of rotatable bonds is 4. The Kier molecular flexibility index (Phi) is 3.70. The van der Waals surface area contributed by atoms with Crippen molar-refractivity contribution in [2.75, 3.05) is 5.32 Å². The lowest BCUT2D eigenvalue weighted by atomic mass is 9.81. The topological polar surface area (TPSA) is 24.9 Å². The van der Waals surface area contributed by atoms with Gasteiger partial charge in [0.15, 0.2) is 0 Å². The smallest absolute Gasteiger partial charge is 0.129 e. The number of halogens is 1. The first-order valence-corrected chi connectivity index (χ1v) is 6.42. The van der Waals surface area contributed by atoms with Crippen LogP contribution in [-0.2, 0) is 0 Å². The molecule has 1 heterocycles. The monoisotopic (exact) mass is 238 g/mol. The molecule has 1 N–H and O–H groups in total. The van der Waals surface area contributed by atoms with Crippen molar-refractivity contribution in [2.24, 2.45) is 5.92 Å². The van der Waals surface area contributed by atoms with E-state index in [9.17, 15) is 0 Å². The Bertz CT molecular complexity index is 361. The van der Waals surface area contributed by atoms with Gasteiger partial charge in [-0.05, 0) is 38.3 Å². The summed E-state index contributed by atoms with van der Waals surface area (Å²) < 4.78 is 0. The predicted molar refractivity (Wildman–Crippen MR) is 69.0 cm³/mol. The molecule has 1 aliphatic carbocycles. The molecule has 2 nitrogen and oxygen atoms in total. The van der Waals surface area contributed by atoms with Gasteiger partial charge in [0, 0.05) is 6.04 Å². The van der Waals surface area contributed by atoms with Crippen molar-refractivity contribution in [3.63, 3.8) is 0 Å². The van der Waals surface area contributed by atoms with E-state index in [0.717, 1.165) is 17.3 Å². The van der Waals surface area contributed by atoms with Crippen molar-refractivity contribution < 1.29 is 0 Å². The summed E-state index contributed by atoms with van der Waals surface area (Å²) in [4.78, 5) is 4.24. The lowest BCUT2D eigenvalue weighted by molar-refractivity contribution is 0.286. The van der Waals surface area contributed by atoms with Crippen LogP contribution in [0.2, 0.25) is 5.15 Å². The summed E-state index contributed by atoms with van der Waals surface area (Å²) in [5, 5.41) is 4.08. The Morgan fingerprint density at radius 3 is 2.81 bits per heavy atom. The lowest BCUT2D eigenvalue weighted by Crippen LogP contribution is -2.23. The summed E-state index contributed by atoms with van der Waals surface area (Å²) in [5.41, 5.74) is 2.09. The van der Waals surface area contributed by atoms with Crippen molar-refractivity contribution >= 4 is 17.3 Å². The maximum Gasteiger partial charge on any atom is 0.129 e. The number of hydrogen-bond donors (Lipinski definition) is 1.